The van der Waals surface area contributed by atoms with Crippen molar-refractivity contribution in [3.8, 4) is 22.5 Å². The molecule has 0 bridgehead atoms. The third-order valence-electron chi connectivity index (χ3n) is 7.42. The van der Waals surface area contributed by atoms with E-state index in [1.54, 1.807) is 0 Å². The number of H-pyrrole nitrogens is 1. The van der Waals surface area contributed by atoms with Crippen molar-refractivity contribution in [2.75, 3.05) is 16.0 Å². The summed E-state index contributed by atoms with van der Waals surface area (Å²) in [5.74, 6) is 1.24. The van der Waals surface area contributed by atoms with Crippen molar-refractivity contribution in [3.05, 3.63) is 72.3 Å². The molecule has 3 aromatic carbocycles. The van der Waals surface area contributed by atoms with Crippen LogP contribution in [0.5, 0.6) is 0 Å². The third-order valence-corrected chi connectivity index (χ3v) is 7.42. The quantitative estimate of drug-likeness (QED) is 0.200. The first-order chi connectivity index (χ1) is 18.6. The largest absolute Gasteiger partial charge is 0.380 e. The number of aryl methyl sites for hydroxylation is 1. The summed E-state index contributed by atoms with van der Waals surface area (Å²) in [7, 11) is 0. The van der Waals surface area contributed by atoms with Crippen LogP contribution in [0.25, 0.3) is 22.5 Å². The molecule has 5 rings (SSSR count). The summed E-state index contributed by atoms with van der Waals surface area (Å²) in [5.41, 5.74) is 6.36. The van der Waals surface area contributed by atoms with E-state index in [0.29, 0.717) is 17.8 Å². The van der Waals surface area contributed by atoms with E-state index in [1.165, 1.54) is 32.1 Å². The Morgan fingerprint density at radius 1 is 0.947 bits per heavy atom. The van der Waals surface area contributed by atoms with Gasteiger partial charge in [-0.1, -0.05) is 74.2 Å². The van der Waals surface area contributed by atoms with Crippen molar-refractivity contribution in [1.82, 2.24) is 20.6 Å². The normalized spacial score (nSPS) is 14.6. The summed E-state index contributed by atoms with van der Waals surface area (Å²) in [6.45, 7) is 4.26. The maximum absolute atomic E-state index is 13.1. The Hall–Kier alpha value is -4.20. The second-order valence-corrected chi connectivity index (χ2v) is 10.1. The molecule has 1 unspecified atom stereocenters. The van der Waals surface area contributed by atoms with Crippen molar-refractivity contribution in [2.45, 2.75) is 58.4 Å². The van der Waals surface area contributed by atoms with Crippen LogP contribution in [0, 0.1) is 12.8 Å². The third kappa shape index (κ3) is 6.02. The molecule has 1 aliphatic carbocycles. The maximum Gasteiger partial charge on any atom is 0.323 e. The van der Waals surface area contributed by atoms with E-state index in [0.717, 1.165) is 45.7 Å². The topological polar surface area (TPSA) is 108 Å². The molecule has 8 heteroatoms. The van der Waals surface area contributed by atoms with E-state index in [1.807, 2.05) is 61.5 Å². The fourth-order valence-corrected chi connectivity index (χ4v) is 5.37. The van der Waals surface area contributed by atoms with Gasteiger partial charge in [-0.3, -0.25) is 0 Å². The smallest absolute Gasteiger partial charge is 0.323 e. The molecule has 4 aromatic rings. The Balaban J connectivity index is 1.47. The second kappa shape index (κ2) is 11.9. The first-order valence-electron chi connectivity index (χ1n) is 13.5. The van der Waals surface area contributed by atoms with Gasteiger partial charge in [-0.05, 0) is 77.9 Å². The Labute approximate surface area is 223 Å². The van der Waals surface area contributed by atoms with E-state index in [2.05, 4.69) is 55.6 Å². The predicted octanol–water partition coefficient (Wildman–Crippen LogP) is 7.26. The van der Waals surface area contributed by atoms with Crippen LogP contribution in [0.3, 0.4) is 0 Å². The zero-order valence-corrected chi connectivity index (χ0v) is 22.0. The van der Waals surface area contributed by atoms with Crippen molar-refractivity contribution >= 4 is 23.1 Å². The molecule has 1 aliphatic rings. The zero-order chi connectivity index (χ0) is 26.3. The lowest BCUT2D eigenvalue weighted by Gasteiger charge is -2.31. The van der Waals surface area contributed by atoms with Gasteiger partial charge in [0.25, 0.3) is 0 Å². The van der Waals surface area contributed by atoms with Crippen LogP contribution in [0.1, 0.15) is 51.0 Å². The van der Waals surface area contributed by atoms with Crippen molar-refractivity contribution in [1.29, 1.82) is 0 Å². The average Bonchev–Trinajstić information content (AvgIpc) is 3.49. The van der Waals surface area contributed by atoms with Gasteiger partial charge < -0.3 is 16.0 Å². The molecule has 0 saturated heterocycles. The predicted molar refractivity (Wildman–Crippen MR) is 153 cm³/mol. The van der Waals surface area contributed by atoms with Gasteiger partial charge in [0.15, 0.2) is 5.82 Å². The fraction of sp³-hybridized carbons (Fsp3) is 0.333. The summed E-state index contributed by atoms with van der Waals surface area (Å²) in [6.07, 6.45) is 7.44. The molecular weight excluding hydrogens is 474 g/mol. The molecule has 8 nitrogen and oxygen atoms in total. The number of aromatic nitrogens is 4. The molecule has 2 amide bonds. The van der Waals surface area contributed by atoms with Crippen molar-refractivity contribution in [2.24, 2.45) is 5.92 Å². The number of carbonyl (C=O) groups excluding carboxylic acids is 1. The van der Waals surface area contributed by atoms with E-state index in [-0.39, 0.29) is 6.03 Å². The van der Waals surface area contributed by atoms with Gasteiger partial charge in [0.05, 0.1) is 11.4 Å². The van der Waals surface area contributed by atoms with Gasteiger partial charge in [0.1, 0.15) is 0 Å². The first kappa shape index (κ1) is 25.4. The highest BCUT2D eigenvalue weighted by Crippen LogP contribution is 2.36. The number of carbonyl (C=O) groups is 1. The highest BCUT2D eigenvalue weighted by atomic mass is 16.2. The van der Waals surface area contributed by atoms with Gasteiger partial charge in [0, 0.05) is 17.3 Å². The molecule has 1 heterocycles. The molecule has 1 saturated carbocycles. The number of urea groups is 1. The number of amides is 2. The Morgan fingerprint density at radius 2 is 1.71 bits per heavy atom. The summed E-state index contributed by atoms with van der Waals surface area (Å²) in [4.78, 5) is 13.1. The van der Waals surface area contributed by atoms with Crippen LogP contribution in [-0.4, -0.2) is 32.7 Å². The van der Waals surface area contributed by atoms with E-state index < -0.39 is 0 Å². The summed E-state index contributed by atoms with van der Waals surface area (Å²) in [5, 5.41) is 24.3. The van der Waals surface area contributed by atoms with Gasteiger partial charge in [-0.2, -0.15) is 0 Å². The summed E-state index contributed by atoms with van der Waals surface area (Å²) >= 11 is 0. The van der Waals surface area contributed by atoms with Crippen LogP contribution in [0.2, 0.25) is 0 Å². The van der Waals surface area contributed by atoms with Crippen LogP contribution in [0.15, 0.2) is 66.7 Å². The Bertz CT molecular complexity index is 1350. The van der Waals surface area contributed by atoms with Gasteiger partial charge in [-0.25, -0.2) is 9.89 Å². The van der Waals surface area contributed by atoms with E-state index in [4.69, 9.17) is 0 Å². The number of hydrogen-bond donors (Lipinski definition) is 4. The average molecular weight is 510 g/mol. The molecule has 1 atom stereocenters. The van der Waals surface area contributed by atoms with Crippen LogP contribution >= 0.6 is 0 Å². The molecule has 1 fully saturated rings. The van der Waals surface area contributed by atoms with Gasteiger partial charge in [-0.15, -0.1) is 5.10 Å². The minimum absolute atomic E-state index is 0.285. The Kier molecular flexibility index (Phi) is 7.97. The molecule has 196 valence electrons. The second-order valence-electron chi connectivity index (χ2n) is 10.1. The highest BCUT2D eigenvalue weighted by molar-refractivity contribution is 6.02. The molecule has 0 spiro atoms. The SMILES string of the molecule is CCC(Nc1ccc(-c2ccccc2-c2nnn[nH]2)cc1NC(=O)Nc1ccc(C)cc1)C1CCCCC1. The minimum atomic E-state index is -0.285. The van der Waals surface area contributed by atoms with E-state index in [9.17, 15) is 4.79 Å². The van der Waals surface area contributed by atoms with Crippen LogP contribution in [0.4, 0.5) is 21.9 Å². The number of anilines is 3. The molecular formula is C30H35N7O. The number of rotatable bonds is 8. The first-order valence-corrected chi connectivity index (χ1v) is 13.5. The van der Waals surface area contributed by atoms with Gasteiger partial charge in [0.2, 0.25) is 0 Å². The summed E-state index contributed by atoms with van der Waals surface area (Å²) < 4.78 is 0. The Morgan fingerprint density at radius 3 is 2.42 bits per heavy atom. The lowest BCUT2D eigenvalue weighted by Crippen LogP contribution is -2.30. The lowest BCUT2D eigenvalue weighted by atomic mass is 9.83. The lowest BCUT2D eigenvalue weighted by molar-refractivity contribution is 0.262. The van der Waals surface area contributed by atoms with Crippen LogP contribution < -0.4 is 16.0 Å². The standard InChI is InChI=1S/C30H35N7O/c1-3-26(21-9-5-4-6-10-21)32-27-18-15-22(24-11-7-8-12-25(24)29-34-36-37-35-29)19-28(27)33-30(38)31-23-16-13-20(2)14-17-23/h7-8,11-19,21,26,32H,3-6,9-10H2,1-2H3,(H2,31,33,38)(H,34,35,36,37). The fourth-order valence-electron chi connectivity index (χ4n) is 5.37. The molecule has 0 aliphatic heterocycles. The number of benzene rings is 3. The number of nitrogens with one attached hydrogen (secondary N) is 4. The van der Waals surface area contributed by atoms with Crippen LogP contribution in [-0.2, 0) is 0 Å². The number of aromatic amines is 1. The monoisotopic (exact) mass is 509 g/mol. The minimum Gasteiger partial charge on any atom is -0.380 e. The highest BCUT2D eigenvalue weighted by Gasteiger charge is 2.23. The van der Waals surface area contributed by atoms with Gasteiger partial charge >= 0.3 is 6.03 Å². The molecule has 4 N–H and O–H groups in total. The number of nitrogens with zero attached hydrogens (tertiary/aromatic N) is 3. The molecule has 38 heavy (non-hydrogen) atoms. The number of tetrazole rings is 1. The number of hydrogen-bond acceptors (Lipinski definition) is 5. The summed E-state index contributed by atoms with van der Waals surface area (Å²) in [6, 6.07) is 22.0. The zero-order valence-electron chi connectivity index (χ0n) is 22.0. The maximum atomic E-state index is 13.1. The van der Waals surface area contributed by atoms with Crippen molar-refractivity contribution < 1.29 is 4.79 Å². The molecule has 1 aromatic heterocycles. The van der Waals surface area contributed by atoms with Crippen molar-refractivity contribution in [3.63, 3.8) is 0 Å². The van der Waals surface area contributed by atoms with E-state index >= 15 is 0 Å². The molecule has 0 radical (unpaired) electrons.